The van der Waals surface area contributed by atoms with Crippen LogP contribution in [0.1, 0.15) is 98.4 Å². The smallest absolute Gasteiger partial charge is 0.352 e. The molecule has 3 aliphatic rings. The number of carboxylic acids is 1. The van der Waals surface area contributed by atoms with Crippen LogP contribution in [0, 0.1) is 11.3 Å². The minimum Gasteiger partial charge on any atom is -0.550 e. The van der Waals surface area contributed by atoms with Crippen LogP contribution >= 0.6 is 0 Å². The van der Waals surface area contributed by atoms with Crippen molar-refractivity contribution in [2.75, 3.05) is 0 Å². The fourth-order valence-electron chi connectivity index (χ4n) is 6.08. The fourth-order valence-corrected chi connectivity index (χ4v) is 6.08. The molecule has 2 amide bonds. The van der Waals surface area contributed by atoms with E-state index in [1.165, 1.54) is 0 Å². The van der Waals surface area contributed by atoms with Crippen LogP contribution in [0.2, 0.25) is 0 Å². The molecule has 0 saturated heterocycles. The number of guanidine groups is 1. The average molecular weight is 611 g/mol. The third-order valence-electron chi connectivity index (χ3n) is 8.74. The topological polar surface area (TPSA) is 147 Å². The van der Waals surface area contributed by atoms with Crippen molar-refractivity contribution < 1.29 is 24.5 Å². The van der Waals surface area contributed by atoms with Crippen LogP contribution in [0.5, 0.6) is 0 Å². The Morgan fingerprint density at radius 3 is 2.27 bits per heavy atom. The molecule has 0 radical (unpaired) electrons. The number of nitrogens with one attached hydrogen (secondary N) is 1. The van der Waals surface area contributed by atoms with Gasteiger partial charge in [0, 0.05) is 34.9 Å². The number of aryl methyl sites for hydroxylation is 1. The zero-order valence-electron chi connectivity index (χ0n) is 26.7. The molecule has 3 heterocycles. The molecule has 2 atom stereocenters. The van der Waals surface area contributed by atoms with Crippen LogP contribution in [0.3, 0.4) is 0 Å². The monoisotopic (exact) mass is 610 g/mol. The Hall–Kier alpha value is -4.60. The van der Waals surface area contributed by atoms with E-state index in [9.17, 15) is 19.5 Å². The highest BCUT2D eigenvalue weighted by atomic mass is 16.4. The molecule has 0 fully saturated rings. The average Bonchev–Trinajstić information content (AvgIpc) is 3.69. The highest BCUT2D eigenvalue weighted by molar-refractivity contribution is 6.02. The van der Waals surface area contributed by atoms with E-state index in [0.29, 0.717) is 37.0 Å². The van der Waals surface area contributed by atoms with Crippen LogP contribution in [0.4, 0.5) is 0 Å². The first-order chi connectivity index (χ1) is 21.3. The van der Waals surface area contributed by atoms with E-state index in [4.69, 9.17) is 5.73 Å². The Bertz CT molecular complexity index is 1610. The minimum atomic E-state index is -1.01. The van der Waals surface area contributed by atoms with Gasteiger partial charge >= 0.3 is 11.9 Å². The van der Waals surface area contributed by atoms with Gasteiger partial charge in [0.15, 0.2) is 0 Å². The molecule has 6 rings (SSSR count). The summed E-state index contributed by atoms with van der Waals surface area (Å²) in [6.07, 6.45) is 6.45. The molecule has 0 saturated carbocycles. The Morgan fingerprint density at radius 1 is 1.07 bits per heavy atom. The van der Waals surface area contributed by atoms with Gasteiger partial charge in [-0.05, 0) is 54.9 Å². The van der Waals surface area contributed by atoms with Crippen LogP contribution in [0.25, 0.3) is 0 Å². The number of hydrogen-bond donors (Lipinski definition) is 2. The van der Waals surface area contributed by atoms with Gasteiger partial charge in [0.25, 0.3) is 5.91 Å². The summed E-state index contributed by atoms with van der Waals surface area (Å²) in [5.74, 6) is -0.264. The second kappa shape index (κ2) is 12.4. The molecule has 0 bridgehead atoms. The maximum absolute atomic E-state index is 14.3. The predicted molar refractivity (Wildman–Crippen MR) is 167 cm³/mol. The number of benzene rings is 2. The molecule has 2 aliphatic heterocycles. The van der Waals surface area contributed by atoms with Crippen molar-refractivity contribution >= 4 is 23.7 Å². The molecule has 10 heteroatoms. The van der Waals surface area contributed by atoms with Gasteiger partial charge in [-0.15, -0.1) is 0 Å². The Kier molecular flexibility index (Phi) is 8.78. The SMILES string of the molecule is CC(C)(C)C(=O)[O-].CC(C)CC[C@]1(c2ccccc2)[NH+]=C(N)N([C@@H]2CCc3ccc(C(=O)N4Cc5nccnc5C4)cc32)C1=O. The highest BCUT2D eigenvalue weighted by Gasteiger charge is 2.56. The second-order valence-corrected chi connectivity index (χ2v) is 13.5. The normalized spacial score (nSPS) is 20.4. The number of aromatic nitrogens is 2. The van der Waals surface area contributed by atoms with Gasteiger partial charge in [0.05, 0.1) is 24.5 Å². The number of rotatable bonds is 6. The molecule has 1 aliphatic carbocycles. The zero-order valence-corrected chi connectivity index (χ0v) is 26.7. The van der Waals surface area contributed by atoms with E-state index < -0.39 is 16.9 Å². The van der Waals surface area contributed by atoms with Gasteiger partial charge in [-0.2, -0.15) is 4.90 Å². The van der Waals surface area contributed by atoms with Gasteiger partial charge in [0.1, 0.15) is 6.04 Å². The van der Waals surface area contributed by atoms with Crippen molar-refractivity contribution in [3.63, 3.8) is 0 Å². The second-order valence-electron chi connectivity index (χ2n) is 13.5. The van der Waals surface area contributed by atoms with Crippen LogP contribution < -0.4 is 15.8 Å². The summed E-state index contributed by atoms with van der Waals surface area (Å²) in [6, 6.07) is 15.5. The number of hydrogen-bond acceptors (Lipinski definition) is 7. The largest absolute Gasteiger partial charge is 0.550 e. The summed E-state index contributed by atoms with van der Waals surface area (Å²) in [5.41, 5.74) is 10.4. The zero-order chi connectivity index (χ0) is 32.5. The Labute approximate surface area is 264 Å². The number of carbonyl (C=O) groups is 3. The van der Waals surface area contributed by atoms with Gasteiger partial charge in [-0.1, -0.05) is 71.0 Å². The van der Waals surface area contributed by atoms with Crippen LogP contribution in [0.15, 0.2) is 60.9 Å². The van der Waals surface area contributed by atoms with Crippen molar-refractivity contribution in [2.24, 2.45) is 17.1 Å². The van der Waals surface area contributed by atoms with E-state index in [1.807, 2.05) is 48.5 Å². The lowest BCUT2D eigenvalue weighted by Gasteiger charge is -2.26. The molecule has 2 aromatic carbocycles. The van der Waals surface area contributed by atoms with E-state index >= 15 is 0 Å². The number of nitrogens with zero attached hydrogens (tertiary/aromatic N) is 4. The lowest BCUT2D eigenvalue weighted by molar-refractivity contribution is -0.540. The lowest BCUT2D eigenvalue weighted by atomic mass is 9.83. The van der Waals surface area contributed by atoms with Crippen molar-refractivity contribution in [1.82, 2.24) is 19.8 Å². The first-order valence-corrected chi connectivity index (χ1v) is 15.5. The van der Waals surface area contributed by atoms with Crippen molar-refractivity contribution in [3.8, 4) is 0 Å². The summed E-state index contributed by atoms with van der Waals surface area (Å²) in [7, 11) is 0. The third-order valence-corrected chi connectivity index (χ3v) is 8.74. The molecule has 1 aromatic heterocycles. The first kappa shape index (κ1) is 31.8. The molecule has 3 aromatic rings. The van der Waals surface area contributed by atoms with Crippen LogP contribution in [-0.4, -0.2) is 43.5 Å². The molecular weight excluding hydrogens is 568 g/mol. The fraction of sp³-hybridized carbons (Fsp3) is 0.429. The molecular formula is C35H42N6O4. The van der Waals surface area contributed by atoms with Crippen molar-refractivity contribution in [3.05, 3.63) is 94.6 Å². The van der Waals surface area contributed by atoms with E-state index in [0.717, 1.165) is 47.3 Å². The Balaban J connectivity index is 0.000000515. The first-order valence-electron chi connectivity index (χ1n) is 15.5. The molecule has 0 unspecified atom stereocenters. The van der Waals surface area contributed by atoms with Gasteiger partial charge < -0.3 is 14.8 Å². The van der Waals surface area contributed by atoms with Gasteiger partial charge in [0.2, 0.25) is 5.54 Å². The number of nitrogens with two attached hydrogens (primary N) is 1. The van der Waals surface area contributed by atoms with Gasteiger partial charge in [-0.3, -0.25) is 30.3 Å². The lowest BCUT2D eigenvalue weighted by Crippen LogP contribution is -2.85. The minimum absolute atomic E-state index is 0.0245. The summed E-state index contributed by atoms with van der Waals surface area (Å²) in [6.45, 7) is 10.0. The quantitative estimate of drug-likeness (QED) is 0.434. The number of carbonyl (C=O) groups excluding carboxylic acids is 3. The summed E-state index contributed by atoms with van der Waals surface area (Å²) in [4.78, 5) is 53.3. The number of carboxylic acid groups (broad SMARTS) is 1. The van der Waals surface area contributed by atoms with Crippen molar-refractivity contribution in [2.45, 2.75) is 85.0 Å². The molecule has 0 spiro atoms. The summed E-state index contributed by atoms with van der Waals surface area (Å²) >= 11 is 0. The number of aliphatic carboxylic acids is 1. The highest BCUT2D eigenvalue weighted by Crippen LogP contribution is 2.40. The van der Waals surface area contributed by atoms with E-state index in [1.54, 1.807) is 43.0 Å². The van der Waals surface area contributed by atoms with Gasteiger partial charge in [-0.25, -0.2) is 0 Å². The van der Waals surface area contributed by atoms with E-state index in [2.05, 4.69) is 28.8 Å². The van der Waals surface area contributed by atoms with E-state index in [-0.39, 0.29) is 17.9 Å². The molecule has 10 nitrogen and oxygen atoms in total. The number of amides is 2. The Morgan fingerprint density at radius 2 is 1.69 bits per heavy atom. The number of fused-ring (bicyclic) bond motifs is 2. The molecule has 236 valence electrons. The maximum atomic E-state index is 14.3. The summed E-state index contributed by atoms with van der Waals surface area (Å²) in [5, 5.41) is 9.91. The maximum Gasteiger partial charge on any atom is 0.352 e. The van der Waals surface area contributed by atoms with Crippen molar-refractivity contribution in [1.29, 1.82) is 0 Å². The molecule has 3 N–H and O–H groups in total. The molecule has 45 heavy (non-hydrogen) atoms. The predicted octanol–water partition coefficient (Wildman–Crippen LogP) is 1.97. The third kappa shape index (κ3) is 6.32. The van der Waals surface area contributed by atoms with Crippen LogP contribution in [-0.2, 0) is 34.6 Å². The summed E-state index contributed by atoms with van der Waals surface area (Å²) < 4.78 is 0. The standard InChI is InChI=1S/C30H32N6O2.C5H10O2/c1-19(2)12-13-30(22-6-4-3-5-7-22)28(38)36(29(31)34-30)26-11-10-20-8-9-21(16-23(20)26)27(37)35-17-24-25(18-35)33-15-14-32-24;1-5(2,3)4(6)7/h3-9,14-16,19,26H,10-13,17-18H2,1-2H3,(H2,31,34);1-3H3,(H,6,7)/t26-,30-;/m1./s1.